The number of ketones is 2. The standard InChI is InChI=1S/C33H38N4O7/c1-35(2)27-22-15-19-14-21-20(18-6-4-17(5-7-18)16-37-12-10-36(3)11-13-37)8-9-23(38)25(21)28(39)24(19)30(41)33(22,44)31(42)26(29(27)40)32(34)43/h4-9,19,22,27,38-39,42,44H,10-16H2,1-3H3,(H2,34,43)/t19-,22-,27-,33-/m0/s1. The molecule has 0 aromatic heterocycles. The number of aliphatic hydroxyl groups is 3. The molecule has 11 nitrogen and oxygen atoms in total. The predicted molar refractivity (Wildman–Crippen MR) is 162 cm³/mol. The maximum atomic E-state index is 14.0. The summed E-state index contributed by atoms with van der Waals surface area (Å²) < 4.78 is 0. The highest BCUT2D eigenvalue weighted by atomic mass is 16.3. The Morgan fingerprint density at radius 3 is 2.30 bits per heavy atom. The summed E-state index contributed by atoms with van der Waals surface area (Å²) in [6, 6.07) is 10.3. The zero-order chi connectivity index (χ0) is 31.7. The molecule has 4 atom stereocenters. The number of nitrogens with zero attached hydrogens (tertiary/aromatic N) is 3. The Morgan fingerprint density at radius 1 is 1.02 bits per heavy atom. The molecule has 0 spiro atoms. The second-order valence-electron chi connectivity index (χ2n) is 12.7. The van der Waals surface area contributed by atoms with Crippen molar-refractivity contribution in [1.82, 2.24) is 14.7 Å². The van der Waals surface area contributed by atoms with Crippen molar-refractivity contribution in [1.29, 1.82) is 0 Å². The minimum Gasteiger partial charge on any atom is -0.508 e. The zero-order valence-corrected chi connectivity index (χ0v) is 25.1. The molecule has 0 radical (unpaired) electrons. The van der Waals surface area contributed by atoms with Crippen LogP contribution in [0.25, 0.3) is 16.9 Å². The third-order valence-corrected chi connectivity index (χ3v) is 9.87. The van der Waals surface area contributed by atoms with E-state index in [1.165, 1.54) is 16.5 Å². The first-order valence-electron chi connectivity index (χ1n) is 14.8. The molecule has 6 N–H and O–H groups in total. The van der Waals surface area contributed by atoms with Gasteiger partial charge in [-0.1, -0.05) is 30.3 Å². The van der Waals surface area contributed by atoms with Gasteiger partial charge in [0.05, 0.1) is 11.6 Å². The van der Waals surface area contributed by atoms with Crippen LogP contribution in [-0.4, -0.2) is 112 Å². The van der Waals surface area contributed by atoms with Crippen LogP contribution in [0.3, 0.4) is 0 Å². The van der Waals surface area contributed by atoms with Gasteiger partial charge >= 0.3 is 0 Å². The highest BCUT2D eigenvalue weighted by Crippen LogP contribution is 2.53. The number of carbonyl (C=O) groups excluding carboxylic acids is 3. The van der Waals surface area contributed by atoms with Crippen molar-refractivity contribution >= 4 is 23.2 Å². The van der Waals surface area contributed by atoms with E-state index in [2.05, 4.69) is 29.0 Å². The van der Waals surface area contributed by atoms with E-state index in [1.54, 1.807) is 20.2 Å². The van der Waals surface area contributed by atoms with Gasteiger partial charge in [-0.2, -0.15) is 0 Å². The molecule has 3 aliphatic carbocycles. The third-order valence-electron chi connectivity index (χ3n) is 9.87. The molecule has 2 fully saturated rings. The number of nitrogens with two attached hydrogens (primary N) is 1. The van der Waals surface area contributed by atoms with Gasteiger partial charge in [-0.25, -0.2) is 0 Å². The molecule has 1 aliphatic heterocycles. The van der Waals surface area contributed by atoms with E-state index in [-0.39, 0.29) is 29.7 Å². The largest absolute Gasteiger partial charge is 0.508 e. The molecule has 1 saturated heterocycles. The lowest BCUT2D eigenvalue weighted by molar-refractivity contribution is -0.153. The predicted octanol–water partition coefficient (Wildman–Crippen LogP) is 1.38. The maximum Gasteiger partial charge on any atom is 0.255 e. The zero-order valence-electron chi connectivity index (χ0n) is 25.1. The number of benzene rings is 2. The van der Waals surface area contributed by atoms with Gasteiger partial charge in [-0.3, -0.25) is 24.2 Å². The minimum atomic E-state index is -2.66. The highest BCUT2D eigenvalue weighted by molar-refractivity contribution is 6.24. The van der Waals surface area contributed by atoms with E-state index >= 15 is 0 Å². The molecule has 44 heavy (non-hydrogen) atoms. The fraction of sp³-hybridized carbons (Fsp3) is 0.424. The number of carbonyl (C=O) groups is 3. The number of piperazine rings is 1. The first kappa shape index (κ1) is 30.0. The summed E-state index contributed by atoms with van der Waals surface area (Å²) in [6.07, 6.45) is 0.284. The average Bonchev–Trinajstić information content (AvgIpc) is 2.96. The van der Waals surface area contributed by atoms with Crippen LogP contribution in [0.5, 0.6) is 5.75 Å². The summed E-state index contributed by atoms with van der Waals surface area (Å²) in [5.74, 6) is -6.61. The number of fused-ring (bicyclic) bond motifs is 3. The van der Waals surface area contributed by atoms with E-state index in [0.29, 0.717) is 5.56 Å². The van der Waals surface area contributed by atoms with Crippen molar-refractivity contribution in [2.24, 2.45) is 17.6 Å². The van der Waals surface area contributed by atoms with E-state index in [4.69, 9.17) is 5.73 Å². The van der Waals surface area contributed by atoms with E-state index in [9.17, 15) is 34.8 Å². The summed E-state index contributed by atoms with van der Waals surface area (Å²) in [4.78, 5) is 45.8. The van der Waals surface area contributed by atoms with E-state index < -0.39 is 58.0 Å². The van der Waals surface area contributed by atoms with Gasteiger partial charge in [0.25, 0.3) is 5.91 Å². The number of Topliss-reactive ketones (excluding diaryl/α,β-unsaturated/α-hetero) is 2. The number of likely N-dealkylation sites (N-methyl/N-ethyl adjacent to an activating group) is 2. The molecule has 2 aromatic carbocycles. The maximum absolute atomic E-state index is 14.0. The Kier molecular flexibility index (Phi) is 7.40. The summed E-state index contributed by atoms with van der Waals surface area (Å²) in [5.41, 5.74) is 5.31. The van der Waals surface area contributed by atoms with Crippen LogP contribution in [0.4, 0.5) is 0 Å². The number of phenolic OH excluding ortho intramolecular Hbond substituents is 1. The number of aromatic hydroxyl groups is 1. The number of phenols is 1. The first-order chi connectivity index (χ1) is 20.8. The van der Waals surface area contributed by atoms with Crippen LogP contribution in [-0.2, 0) is 27.3 Å². The number of amides is 1. The Balaban J connectivity index is 1.40. The van der Waals surface area contributed by atoms with Gasteiger partial charge in [0.1, 0.15) is 22.8 Å². The summed E-state index contributed by atoms with van der Waals surface area (Å²) in [7, 11) is 5.29. The quantitative estimate of drug-likeness (QED) is 0.316. The van der Waals surface area contributed by atoms with Gasteiger partial charge in [0.2, 0.25) is 5.78 Å². The van der Waals surface area contributed by atoms with Crippen molar-refractivity contribution in [2.45, 2.75) is 31.0 Å². The lowest BCUT2D eigenvalue weighted by Gasteiger charge is -2.50. The second kappa shape index (κ2) is 10.8. The Bertz CT molecular complexity index is 1620. The van der Waals surface area contributed by atoms with Crippen LogP contribution in [0, 0.1) is 11.8 Å². The van der Waals surface area contributed by atoms with Crippen molar-refractivity contribution < 1.29 is 34.8 Å². The molecular formula is C33H38N4O7. The molecule has 1 amide bonds. The fourth-order valence-electron chi connectivity index (χ4n) is 7.57. The number of rotatable bonds is 5. The summed E-state index contributed by atoms with van der Waals surface area (Å²) >= 11 is 0. The molecule has 6 rings (SSSR count). The second-order valence-corrected chi connectivity index (χ2v) is 12.7. The van der Waals surface area contributed by atoms with Crippen molar-refractivity contribution in [3.63, 3.8) is 0 Å². The number of aliphatic hydroxyl groups excluding tert-OH is 2. The van der Waals surface area contributed by atoms with Gasteiger partial charge in [-0.15, -0.1) is 0 Å². The number of primary amides is 1. The summed E-state index contributed by atoms with van der Waals surface area (Å²) in [5, 5.41) is 45.2. The molecule has 1 saturated carbocycles. The lowest BCUT2D eigenvalue weighted by Crippen LogP contribution is -2.65. The molecule has 232 valence electrons. The SMILES string of the molecule is CN1CCN(Cc2ccc(-c3ccc(O)c4c3C[C@H]3C[C@H]5[C@H](N(C)C)C(=O)C(C(N)=O)=C(O)[C@@]5(O)C(=O)C3=C4O)cc2)CC1. The average molecular weight is 603 g/mol. The lowest BCUT2D eigenvalue weighted by atomic mass is 9.57. The van der Waals surface area contributed by atoms with Gasteiger partial charge in [0.15, 0.2) is 11.4 Å². The van der Waals surface area contributed by atoms with Crippen molar-refractivity contribution in [2.75, 3.05) is 47.3 Å². The Hall–Kier alpha value is -4.03. The fourth-order valence-corrected chi connectivity index (χ4v) is 7.57. The monoisotopic (exact) mass is 602 g/mol. The third kappa shape index (κ3) is 4.54. The van der Waals surface area contributed by atoms with Crippen LogP contribution in [0.15, 0.2) is 53.3 Å². The van der Waals surface area contributed by atoms with Gasteiger partial charge in [0, 0.05) is 44.2 Å². The van der Waals surface area contributed by atoms with Crippen LogP contribution in [0.2, 0.25) is 0 Å². The molecule has 0 bridgehead atoms. The molecular weight excluding hydrogens is 564 g/mol. The first-order valence-corrected chi connectivity index (χ1v) is 14.8. The highest BCUT2D eigenvalue weighted by Gasteiger charge is 2.64. The van der Waals surface area contributed by atoms with Crippen LogP contribution in [0.1, 0.15) is 23.1 Å². The molecule has 4 aliphatic rings. The Labute approximate surface area is 255 Å². The smallest absolute Gasteiger partial charge is 0.255 e. The van der Waals surface area contributed by atoms with Crippen molar-refractivity contribution in [3.8, 4) is 16.9 Å². The van der Waals surface area contributed by atoms with Gasteiger partial charge in [-0.05, 0) is 68.2 Å². The minimum absolute atomic E-state index is 0.0464. The number of hydrogen-bond acceptors (Lipinski definition) is 10. The van der Waals surface area contributed by atoms with Gasteiger partial charge < -0.3 is 31.1 Å². The van der Waals surface area contributed by atoms with Crippen LogP contribution >= 0.6 is 0 Å². The van der Waals surface area contributed by atoms with Crippen LogP contribution < -0.4 is 5.73 Å². The Morgan fingerprint density at radius 2 is 1.68 bits per heavy atom. The van der Waals surface area contributed by atoms with Crippen molar-refractivity contribution in [3.05, 3.63) is 70.0 Å². The topological polar surface area (TPSA) is 168 Å². The van der Waals surface area contributed by atoms with E-state index in [0.717, 1.165) is 43.9 Å². The molecule has 11 heteroatoms. The molecule has 1 heterocycles. The van der Waals surface area contributed by atoms with E-state index in [1.807, 2.05) is 12.1 Å². The molecule has 0 unspecified atom stereocenters. The normalized spacial score (nSPS) is 27.8. The number of hydrogen-bond donors (Lipinski definition) is 5. The molecule has 2 aromatic rings. The summed E-state index contributed by atoms with van der Waals surface area (Å²) in [6.45, 7) is 4.92.